The zero-order valence-corrected chi connectivity index (χ0v) is 9.93. The van der Waals surface area contributed by atoms with Crippen molar-refractivity contribution in [2.75, 3.05) is 6.54 Å². The fourth-order valence-electron chi connectivity index (χ4n) is 1.12. The summed E-state index contributed by atoms with van der Waals surface area (Å²) in [6.07, 6.45) is 1.20. The minimum absolute atomic E-state index is 0.994. The maximum atomic E-state index is 3.37. The lowest BCUT2D eigenvalue weighted by molar-refractivity contribution is 0.675. The smallest absolute Gasteiger partial charge is 0.0205 e. The summed E-state index contributed by atoms with van der Waals surface area (Å²) >= 11 is 0. The second-order valence-corrected chi connectivity index (χ2v) is 3.16. The van der Waals surface area contributed by atoms with Crippen molar-refractivity contribution in [1.29, 1.82) is 0 Å². The van der Waals surface area contributed by atoms with Crippen LogP contribution >= 0.6 is 0 Å². The van der Waals surface area contributed by atoms with E-state index >= 15 is 0 Å². The molecule has 0 fully saturated rings. The molecule has 0 bridgehead atoms. The molecule has 0 aliphatic carbocycles. The van der Waals surface area contributed by atoms with E-state index in [1.165, 1.54) is 17.5 Å². The summed E-state index contributed by atoms with van der Waals surface area (Å²) in [5.74, 6) is 0. The third kappa shape index (κ3) is 5.76. The molecule has 1 nitrogen and oxygen atoms in total. The number of hydrogen-bond donors (Lipinski definition) is 1. The Morgan fingerprint density at radius 1 is 1.07 bits per heavy atom. The van der Waals surface area contributed by atoms with Gasteiger partial charge in [0.2, 0.25) is 0 Å². The first-order valence-electron chi connectivity index (χ1n) is 5.59. The summed E-state index contributed by atoms with van der Waals surface area (Å²) < 4.78 is 0. The van der Waals surface area contributed by atoms with Gasteiger partial charge in [0.1, 0.15) is 0 Å². The van der Waals surface area contributed by atoms with E-state index in [2.05, 4.69) is 43.4 Å². The molecule has 0 saturated heterocycles. The van der Waals surface area contributed by atoms with Crippen LogP contribution in [0.2, 0.25) is 0 Å². The van der Waals surface area contributed by atoms with E-state index in [1.807, 2.05) is 13.8 Å². The topological polar surface area (TPSA) is 12.0 Å². The van der Waals surface area contributed by atoms with E-state index in [-0.39, 0.29) is 0 Å². The zero-order chi connectivity index (χ0) is 10.8. The number of hydrogen-bond acceptors (Lipinski definition) is 1. The van der Waals surface area contributed by atoms with Crippen LogP contribution in [-0.4, -0.2) is 6.54 Å². The molecule has 0 spiro atoms. The van der Waals surface area contributed by atoms with E-state index in [4.69, 9.17) is 0 Å². The molecular weight excluding hydrogens is 170 g/mol. The molecule has 1 N–H and O–H groups in total. The molecule has 0 aliphatic rings. The van der Waals surface area contributed by atoms with Gasteiger partial charge in [-0.2, -0.15) is 0 Å². The van der Waals surface area contributed by atoms with Gasteiger partial charge in [-0.15, -0.1) is 0 Å². The Hall–Kier alpha value is -0.820. The summed E-state index contributed by atoms with van der Waals surface area (Å²) in [4.78, 5) is 0. The summed E-state index contributed by atoms with van der Waals surface area (Å²) in [5, 5.41) is 3.37. The highest BCUT2D eigenvalue weighted by atomic mass is 14.8. The van der Waals surface area contributed by atoms with Gasteiger partial charge in [-0.1, -0.05) is 50.6 Å². The average Bonchev–Trinajstić information content (AvgIpc) is 2.24. The third-order valence-electron chi connectivity index (χ3n) is 1.88. The zero-order valence-electron chi connectivity index (χ0n) is 9.93. The van der Waals surface area contributed by atoms with Crippen LogP contribution in [0.3, 0.4) is 0 Å². The lowest BCUT2D eigenvalue weighted by Crippen LogP contribution is -2.13. The van der Waals surface area contributed by atoms with Crippen molar-refractivity contribution in [3.63, 3.8) is 0 Å². The molecule has 1 aromatic rings. The molecule has 0 atom stereocenters. The van der Waals surface area contributed by atoms with E-state index in [9.17, 15) is 0 Å². The van der Waals surface area contributed by atoms with Crippen molar-refractivity contribution < 1.29 is 0 Å². The van der Waals surface area contributed by atoms with Gasteiger partial charge in [0.05, 0.1) is 0 Å². The third-order valence-corrected chi connectivity index (χ3v) is 1.88. The largest absolute Gasteiger partial charge is 0.313 e. The highest BCUT2D eigenvalue weighted by Crippen LogP contribution is 2.01. The van der Waals surface area contributed by atoms with Crippen LogP contribution in [0.4, 0.5) is 0 Å². The number of nitrogens with one attached hydrogen (secondary N) is 1. The van der Waals surface area contributed by atoms with Gasteiger partial charge in [-0.05, 0) is 25.5 Å². The molecule has 14 heavy (non-hydrogen) atoms. The molecule has 0 radical (unpaired) electrons. The Balaban J connectivity index is 0.000000791. The minimum Gasteiger partial charge on any atom is -0.313 e. The van der Waals surface area contributed by atoms with Crippen LogP contribution in [0.25, 0.3) is 0 Å². The Bertz CT molecular complexity index is 213. The standard InChI is InChI=1S/C11H17N.C2H6/c1-3-8-12-9-11-6-4-10(2)5-7-11;1-2/h4-7,12H,3,8-9H2,1-2H3;1-2H3. The highest BCUT2D eigenvalue weighted by Gasteiger charge is 1.90. The molecule has 0 heterocycles. The normalized spacial score (nSPS) is 9.14. The van der Waals surface area contributed by atoms with Crippen molar-refractivity contribution in [2.24, 2.45) is 0 Å². The van der Waals surface area contributed by atoms with E-state index < -0.39 is 0 Å². The van der Waals surface area contributed by atoms with E-state index in [0.29, 0.717) is 0 Å². The number of benzene rings is 1. The van der Waals surface area contributed by atoms with Crippen LogP contribution in [0.15, 0.2) is 24.3 Å². The van der Waals surface area contributed by atoms with Crippen LogP contribution in [0.5, 0.6) is 0 Å². The van der Waals surface area contributed by atoms with Gasteiger partial charge in [0.25, 0.3) is 0 Å². The Morgan fingerprint density at radius 2 is 1.64 bits per heavy atom. The van der Waals surface area contributed by atoms with Crippen LogP contribution in [-0.2, 0) is 6.54 Å². The maximum absolute atomic E-state index is 3.37. The minimum atomic E-state index is 0.994. The van der Waals surface area contributed by atoms with Crippen molar-refractivity contribution in [3.8, 4) is 0 Å². The van der Waals surface area contributed by atoms with Gasteiger partial charge in [0, 0.05) is 6.54 Å². The molecular formula is C13H23N. The first-order valence-corrected chi connectivity index (χ1v) is 5.59. The van der Waals surface area contributed by atoms with Crippen molar-refractivity contribution in [3.05, 3.63) is 35.4 Å². The predicted octanol–water partition coefficient (Wildman–Crippen LogP) is 3.52. The first kappa shape index (κ1) is 13.2. The molecule has 0 aliphatic heterocycles. The van der Waals surface area contributed by atoms with Crippen molar-refractivity contribution in [2.45, 2.75) is 40.7 Å². The van der Waals surface area contributed by atoms with Gasteiger partial charge >= 0.3 is 0 Å². The van der Waals surface area contributed by atoms with Crippen LogP contribution < -0.4 is 5.32 Å². The predicted molar refractivity (Wildman–Crippen MR) is 64.5 cm³/mol. The quantitative estimate of drug-likeness (QED) is 0.721. The Labute approximate surface area is 88.5 Å². The molecule has 80 valence electrons. The molecule has 1 heteroatoms. The fraction of sp³-hybridized carbons (Fsp3) is 0.538. The number of rotatable bonds is 4. The summed E-state index contributed by atoms with van der Waals surface area (Å²) in [7, 11) is 0. The molecule has 1 aromatic carbocycles. The second kappa shape index (κ2) is 8.76. The molecule has 0 aromatic heterocycles. The van der Waals surface area contributed by atoms with Gasteiger partial charge in [-0.3, -0.25) is 0 Å². The second-order valence-electron chi connectivity index (χ2n) is 3.16. The van der Waals surface area contributed by atoms with Crippen LogP contribution in [0, 0.1) is 6.92 Å². The number of aryl methyl sites for hydroxylation is 1. The molecule has 0 saturated carbocycles. The Morgan fingerprint density at radius 3 is 2.14 bits per heavy atom. The fourth-order valence-corrected chi connectivity index (χ4v) is 1.12. The van der Waals surface area contributed by atoms with E-state index in [0.717, 1.165) is 13.1 Å². The average molecular weight is 193 g/mol. The SMILES string of the molecule is CC.CCCNCc1ccc(C)cc1. The summed E-state index contributed by atoms with van der Waals surface area (Å²) in [5.41, 5.74) is 2.70. The van der Waals surface area contributed by atoms with Crippen molar-refractivity contribution >= 4 is 0 Å². The first-order chi connectivity index (χ1) is 6.83. The van der Waals surface area contributed by atoms with Gasteiger partial charge in [-0.25, -0.2) is 0 Å². The monoisotopic (exact) mass is 193 g/mol. The lowest BCUT2D eigenvalue weighted by Gasteiger charge is -2.02. The van der Waals surface area contributed by atoms with E-state index in [1.54, 1.807) is 0 Å². The summed E-state index contributed by atoms with van der Waals surface area (Å²) in [6, 6.07) is 8.67. The maximum Gasteiger partial charge on any atom is 0.0205 e. The summed E-state index contributed by atoms with van der Waals surface area (Å²) in [6.45, 7) is 10.4. The Kier molecular flexibility index (Phi) is 8.25. The van der Waals surface area contributed by atoms with Gasteiger partial charge < -0.3 is 5.32 Å². The van der Waals surface area contributed by atoms with Gasteiger partial charge in [0.15, 0.2) is 0 Å². The molecule has 0 amide bonds. The van der Waals surface area contributed by atoms with Crippen molar-refractivity contribution in [1.82, 2.24) is 5.32 Å². The molecule has 1 rings (SSSR count). The highest BCUT2D eigenvalue weighted by molar-refractivity contribution is 5.20. The lowest BCUT2D eigenvalue weighted by atomic mass is 10.1. The molecule has 0 unspecified atom stereocenters. The van der Waals surface area contributed by atoms with Crippen LogP contribution in [0.1, 0.15) is 38.3 Å².